The van der Waals surface area contributed by atoms with Crippen LogP contribution in [0.25, 0.3) is 0 Å². The van der Waals surface area contributed by atoms with Crippen LogP contribution in [0.2, 0.25) is 5.04 Å². The van der Waals surface area contributed by atoms with Crippen LogP contribution in [0.15, 0.2) is 76.3 Å². The lowest BCUT2D eigenvalue weighted by Crippen LogP contribution is -2.66. The van der Waals surface area contributed by atoms with Crippen LogP contribution in [0.3, 0.4) is 0 Å². The van der Waals surface area contributed by atoms with Crippen molar-refractivity contribution in [2.45, 2.75) is 44.7 Å². The molecule has 0 radical (unpaired) electrons. The first-order valence-corrected chi connectivity index (χ1v) is 13.7. The summed E-state index contributed by atoms with van der Waals surface area (Å²) in [6, 6.07) is 20.5. The van der Waals surface area contributed by atoms with Crippen LogP contribution in [-0.2, 0) is 25.1 Å². The van der Waals surface area contributed by atoms with Gasteiger partial charge in [0.2, 0.25) is 5.90 Å². The minimum atomic E-state index is -2.56. The van der Waals surface area contributed by atoms with Gasteiger partial charge in [0.1, 0.15) is 12.9 Å². The van der Waals surface area contributed by atoms with E-state index in [1.807, 2.05) is 12.1 Å². The second-order valence-electron chi connectivity index (χ2n) is 9.53. The first kappa shape index (κ1) is 24.9. The van der Waals surface area contributed by atoms with Crippen molar-refractivity contribution in [2.24, 2.45) is 4.99 Å². The van der Waals surface area contributed by atoms with E-state index in [9.17, 15) is 4.79 Å². The van der Waals surface area contributed by atoms with Crippen molar-refractivity contribution in [3.8, 4) is 0 Å². The number of nitrogens with zero attached hydrogens (tertiary/aromatic N) is 2. The maximum Gasteiger partial charge on any atom is 0.334 e. The smallest absolute Gasteiger partial charge is 0.334 e. The molecule has 2 aromatic carbocycles. The third kappa shape index (κ3) is 5.23. The lowest BCUT2D eigenvalue weighted by atomic mass is 10.2. The van der Waals surface area contributed by atoms with Crippen molar-refractivity contribution < 1.29 is 23.1 Å². The molecule has 0 aliphatic carbocycles. The van der Waals surface area contributed by atoms with E-state index in [-0.39, 0.29) is 11.6 Å². The summed E-state index contributed by atoms with van der Waals surface area (Å²) < 4.78 is 22.8. The molecule has 0 amide bonds. The van der Waals surface area contributed by atoms with Crippen LogP contribution in [0, 0.1) is 0 Å². The third-order valence-electron chi connectivity index (χ3n) is 6.17. The molecule has 1 unspecified atom stereocenters. The van der Waals surface area contributed by atoms with E-state index in [1.54, 1.807) is 0 Å². The average Bonchev–Trinajstić information content (AvgIpc) is 3.54. The predicted molar refractivity (Wildman–Crippen MR) is 137 cm³/mol. The number of aryl methyl sites for hydroxylation is 1. The SMILES string of the molecule is COC(=O)C1COC(c2coc(CCCO[Si](c3ccccc3)(c3ccccc3)C(C)(C)C)n2)=N1. The molecule has 2 heterocycles. The molecule has 35 heavy (non-hydrogen) atoms. The van der Waals surface area contributed by atoms with Crippen LogP contribution >= 0.6 is 0 Å². The summed E-state index contributed by atoms with van der Waals surface area (Å²) in [5.74, 6) is 0.460. The average molecular weight is 493 g/mol. The summed E-state index contributed by atoms with van der Waals surface area (Å²) in [7, 11) is -1.23. The Morgan fingerprint density at radius 1 is 1.06 bits per heavy atom. The summed E-state index contributed by atoms with van der Waals surface area (Å²) in [6.45, 7) is 7.53. The predicted octanol–water partition coefficient (Wildman–Crippen LogP) is 3.50. The summed E-state index contributed by atoms with van der Waals surface area (Å²) in [5.41, 5.74) is 0.485. The van der Waals surface area contributed by atoms with E-state index in [0.717, 1.165) is 6.42 Å². The van der Waals surface area contributed by atoms with Gasteiger partial charge in [-0.05, 0) is 21.8 Å². The van der Waals surface area contributed by atoms with Crippen LogP contribution in [0.5, 0.6) is 0 Å². The second-order valence-corrected chi connectivity index (χ2v) is 13.8. The van der Waals surface area contributed by atoms with Gasteiger partial charge in [0, 0.05) is 13.0 Å². The number of hydrogen-bond acceptors (Lipinski definition) is 7. The van der Waals surface area contributed by atoms with Gasteiger partial charge >= 0.3 is 5.97 Å². The van der Waals surface area contributed by atoms with Gasteiger partial charge in [-0.25, -0.2) is 14.8 Å². The van der Waals surface area contributed by atoms with E-state index in [0.29, 0.717) is 30.5 Å². The molecule has 184 valence electrons. The van der Waals surface area contributed by atoms with E-state index >= 15 is 0 Å². The number of methoxy groups -OCH3 is 1. The molecule has 0 spiro atoms. The van der Waals surface area contributed by atoms with Crippen LogP contribution in [0.1, 0.15) is 38.8 Å². The Morgan fingerprint density at radius 3 is 2.26 bits per heavy atom. The molecule has 0 fully saturated rings. The molecule has 1 atom stereocenters. The number of ether oxygens (including phenoxy) is 2. The van der Waals surface area contributed by atoms with Crippen LogP contribution < -0.4 is 10.4 Å². The monoisotopic (exact) mass is 492 g/mol. The zero-order valence-corrected chi connectivity index (χ0v) is 21.7. The first-order valence-electron chi connectivity index (χ1n) is 11.8. The fourth-order valence-electron chi connectivity index (χ4n) is 4.50. The van der Waals surface area contributed by atoms with E-state index in [2.05, 4.69) is 79.3 Å². The largest absolute Gasteiger partial charge is 0.473 e. The molecule has 0 bridgehead atoms. The molecule has 7 nitrogen and oxygen atoms in total. The summed E-state index contributed by atoms with van der Waals surface area (Å²) in [5, 5.41) is 2.45. The lowest BCUT2D eigenvalue weighted by molar-refractivity contribution is -0.142. The molecule has 0 saturated heterocycles. The number of oxazole rings is 1. The molecule has 8 heteroatoms. The Morgan fingerprint density at radius 2 is 1.69 bits per heavy atom. The molecule has 1 aliphatic rings. The van der Waals surface area contributed by atoms with Gasteiger partial charge in [0.15, 0.2) is 17.6 Å². The van der Waals surface area contributed by atoms with Gasteiger partial charge in [0.25, 0.3) is 8.32 Å². The van der Waals surface area contributed by atoms with Gasteiger partial charge in [-0.15, -0.1) is 0 Å². The van der Waals surface area contributed by atoms with E-state index < -0.39 is 20.3 Å². The number of aliphatic imine (C=N–C) groups is 1. The highest BCUT2D eigenvalue weighted by atomic mass is 28.4. The van der Waals surface area contributed by atoms with Gasteiger partial charge < -0.3 is 18.3 Å². The molecule has 4 rings (SSSR count). The van der Waals surface area contributed by atoms with Crippen molar-refractivity contribution in [3.63, 3.8) is 0 Å². The van der Waals surface area contributed by atoms with Crippen molar-refractivity contribution in [3.05, 3.63) is 78.5 Å². The van der Waals surface area contributed by atoms with Gasteiger partial charge in [-0.1, -0.05) is 81.4 Å². The van der Waals surface area contributed by atoms with E-state index in [4.69, 9.17) is 18.3 Å². The first-order chi connectivity index (χ1) is 16.8. The highest BCUT2D eigenvalue weighted by Gasteiger charge is 2.49. The van der Waals surface area contributed by atoms with Crippen molar-refractivity contribution >= 4 is 30.6 Å². The second kappa shape index (κ2) is 10.6. The highest BCUT2D eigenvalue weighted by molar-refractivity contribution is 6.99. The Kier molecular flexibility index (Phi) is 7.52. The molecular weight excluding hydrogens is 460 g/mol. The molecule has 0 saturated carbocycles. The maximum absolute atomic E-state index is 11.7. The topological polar surface area (TPSA) is 83.2 Å². The summed E-state index contributed by atoms with van der Waals surface area (Å²) in [4.78, 5) is 20.4. The van der Waals surface area contributed by atoms with Crippen LogP contribution in [0.4, 0.5) is 0 Å². The van der Waals surface area contributed by atoms with Crippen molar-refractivity contribution in [1.82, 2.24) is 4.98 Å². The Hall–Kier alpha value is -3.23. The standard InChI is InChI=1S/C27H32N2O5Si/c1-27(2,3)35(20-12-7-5-8-13-20,21-14-9-6-10-15-21)34-17-11-16-24-28-22(18-32-24)25-29-23(19-33-25)26(30)31-4/h5-10,12-15,18,23H,11,16-17,19H2,1-4H3. The van der Waals surface area contributed by atoms with Crippen LogP contribution in [-0.4, -0.2) is 51.5 Å². The Labute approximate surface area is 207 Å². The number of rotatable bonds is 9. The van der Waals surface area contributed by atoms with Crippen molar-refractivity contribution in [2.75, 3.05) is 20.3 Å². The van der Waals surface area contributed by atoms with Gasteiger partial charge in [0.05, 0.1) is 7.11 Å². The molecule has 1 aliphatic heterocycles. The van der Waals surface area contributed by atoms with Crippen molar-refractivity contribution in [1.29, 1.82) is 0 Å². The quantitative estimate of drug-likeness (QED) is 0.258. The fraction of sp³-hybridized carbons (Fsp3) is 0.370. The Bertz CT molecular complexity index is 1120. The molecule has 1 aromatic heterocycles. The zero-order chi connectivity index (χ0) is 24.9. The van der Waals surface area contributed by atoms with E-state index in [1.165, 1.54) is 23.7 Å². The maximum atomic E-state index is 11.7. The minimum Gasteiger partial charge on any atom is -0.473 e. The highest BCUT2D eigenvalue weighted by Crippen LogP contribution is 2.36. The van der Waals surface area contributed by atoms with Gasteiger partial charge in [-0.2, -0.15) is 0 Å². The molecule has 0 N–H and O–H groups in total. The summed E-state index contributed by atoms with van der Waals surface area (Å²) in [6.07, 6.45) is 2.88. The lowest BCUT2D eigenvalue weighted by Gasteiger charge is -2.43. The minimum absolute atomic E-state index is 0.0695. The number of hydrogen-bond donors (Lipinski definition) is 0. The zero-order valence-electron chi connectivity index (χ0n) is 20.7. The molecule has 3 aromatic rings. The number of carbonyl (C=O) groups excluding carboxylic acids is 1. The third-order valence-corrected chi connectivity index (χ3v) is 11.2. The Balaban J connectivity index is 1.47. The number of esters is 1. The normalized spacial score (nSPS) is 16.0. The fourth-order valence-corrected chi connectivity index (χ4v) is 9.11. The van der Waals surface area contributed by atoms with Gasteiger partial charge in [-0.3, -0.25) is 0 Å². The number of aromatic nitrogens is 1. The number of carbonyl (C=O) groups is 1. The summed E-state index contributed by atoms with van der Waals surface area (Å²) >= 11 is 0. The molecular formula is C27H32N2O5Si. The number of benzene rings is 2.